The largest absolute Gasteiger partial charge is 0.386 e. The topological polar surface area (TPSA) is 58.8 Å². The van der Waals surface area contributed by atoms with E-state index in [0.717, 1.165) is 13.1 Å². The summed E-state index contributed by atoms with van der Waals surface area (Å²) in [5, 5.41) is 9.92. The van der Waals surface area contributed by atoms with E-state index in [1.165, 1.54) is 4.90 Å². The SMILES string of the molecule is CC(C)C[NH+](CC(C)C)[C@@H]1CS(=O)(=O)C[C@H]1O. The highest BCUT2D eigenvalue weighted by Crippen LogP contribution is 2.10. The van der Waals surface area contributed by atoms with E-state index in [-0.39, 0.29) is 17.5 Å². The van der Waals surface area contributed by atoms with E-state index in [1.807, 2.05) is 0 Å². The second kappa shape index (κ2) is 5.67. The molecule has 0 radical (unpaired) electrons. The molecular formula is C12H26NO3S+. The van der Waals surface area contributed by atoms with Crippen molar-refractivity contribution in [2.24, 2.45) is 11.8 Å². The number of hydrogen-bond donors (Lipinski definition) is 2. The highest BCUT2D eigenvalue weighted by atomic mass is 32.2. The van der Waals surface area contributed by atoms with Crippen molar-refractivity contribution in [1.82, 2.24) is 0 Å². The van der Waals surface area contributed by atoms with Crippen LogP contribution in [0.2, 0.25) is 0 Å². The van der Waals surface area contributed by atoms with Crippen LogP contribution in [-0.4, -0.2) is 50.3 Å². The molecule has 0 amide bonds. The first kappa shape index (κ1) is 14.9. The standard InChI is InChI=1S/C12H25NO3S/c1-9(2)5-13(6-10(3)4)11-7-17(15,16)8-12(11)14/h9-12,14H,5-8H2,1-4H3/p+1/t11-,12-/m1/s1. The fraction of sp³-hybridized carbons (Fsp3) is 1.00. The van der Waals surface area contributed by atoms with Gasteiger partial charge in [-0.05, 0) is 0 Å². The van der Waals surface area contributed by atoms with E-state index in [9.17, 15) is 13.5 Å². The second-order valence-electron chi connectivity index (χ2n) is 6.10. The maximum absolute atomic E-state index is 11.6. The Kier molecular flexibility index (Phi) is 4.98. The third-order valence-electron chi connectivity index (χ3n) is 3.19. The van der Waals surface area contributed by atoms with Crippen molar-refractivity contribution in [3.8, 4) is 0 Å². The Hall–Kier alpha value is -0.130. The molecule has 1 aliphatic rings. The zero-order valence-electron chi connectivity index (χ0n) is 11.3. The molecule has 0 bridgehead atoms. The first-order chi connectivity index (χ1) is 7.71. The van der Waals surface area contributed by atoms with Crippen molar-refractivity contribution in [2.75, 3.05) is 24.6 Å². The number of aliphatic hydroxyl groups excluding tert-OH is 1. The molecule has 1 heterocycles. The van der Waals surface area contributed by atoms with E-state index in [2.05, 4.69) is 27.7 Å². The number of sulfone groups is 1. The quantitative estimate of drug-likeness (QED) is 0.693. The summed E-state index contributed by atoms with van der Waals surface area (Å²) in [6.07, 6.45) is -0.688. The lowest BCUT2D eigenvalue weighted by Crippen LogP contribution is -3.18. The summed E-state index contributed by atoms with van der Waals surface area (Å²) < 4.78 is 23.1. The fourth-order valence-corrected chi connectivity index (χ4v) is 4.55. The summed E-state index contributed by atoms with van der Waals surface area (Å²) in [4.78, 5) is 1.24. The zero-order valence-corrected chi connectivity index (χ0v) is 12.1. The molecule has 0 aromatic heterocycles. The van der Waals surface area contributed by atoms with Gasteiger partial charge in [0, 0.05) is 11.8 Å². The number of rotatable bonds is 5. The van der Waals surface area contributed by atoms with Gasteiger partial charge in [-0.2, -0.15) is 0 Å². The summed E-state index contributed by atoms with van der Waals surface area (Å²) in [6.45, 7) is 10.4. The first-order valence-corrected chi connectivity index (χ1v) is 8.26. The molecule has 1 saturated heterocycles. The maximum Gasteiger partial charge on any atom is 0.159 e. The maximum atomic E-state index is 11.6. The minimum Gasteiger partial charge on any atom is -0.386 e. The van der Waals surface area contributed by atoms with Gasteiger partial charge in [0.25, 0.3) is 0 Å². The van der Waals surface area contributed by atoms with Crippen LogP contribution in [0.25, 0.3) is 0 Å². The average molecular weight is 264 g/mol. The molecule has 2 N–H and O–H groups in total. The normalized spacial score (nSPS) is 28.5. The second-order valence-corrected chi connectivity index (χ2v) is 8.26. The van der Waals surface area contributed by atoms with Gasteiger partial charge in [-0.15, -0.1) is 0 Å². The molecule has 1 fully saturated rings. The van der Waals surface area contributed by atoms with Crippen molar-refractivity contribution in [2.45, 2.75) is 39.8 Å². The first-order valence-electron chi connectivity index (χ1n) is 6.44. The number of hydrogen-bond acceptors (Lipinski definition) is 3. The zero-order chi connectivity index (χ0) is 13.2. The van der Waals surface area contributed by atoms with Gasteiger partial charge in [0.05, 0.1) is 18.8 Å². The van der Waals surface area contributed by atoms with Gasteiger partial charge in [-0.25, -0.2) is 8.42 Å². The van der Waals surface area contributed by atoms with Crippen molar-refractivity contribution in [3.63, 3.8) is 0 Å². The average Bonchev–Trinajstić information content (AvgIpc) is 2.36. The number of aliphatic hydroxyl groups is 1. The molecule has 0 aromatic rings. The van der Waals surface area contributed by atoms with Crippen molar-refractivity contribution >= 4 is 9.84 Å². The van der Waals surface area contributed by atoms with Gasteiger partial charge >= 0.3 is 0 Å². The Morgan fingerprint density at radius 2 is 1.59 bits per heavy atom. The summed E-state index contributed by atoms with van der Waals surface area (Å²) in [7, 11) is -3.03. The number of nitrogens with one attached hydrogen (secondary N) is 1. The van der Waals surface area contributed by atoms with Gasteiger partial charge in [0.1, 0.15) is 17.9 Å². The third-order valence-corrected chi connectivity index (χ3v) is 4.90. The smallest absolute Gasteiger partial charge is 0.159 e. The van der Waals surface area contributed by atoms with Crippen LogP contribution in [0.4, 0.5) is 0 Å². The van der Waals surface area contributed by atoms with Crippen LogP contribution in [0.1, 0.15) is 27.7 Å². The van der Waals surface area contributed by atoms with Crippen molar-refractivity contribution in [1.29, 1.82) is 0 Å². The lowest BCUT2D eigenvalue weighted by Gasteiger charge is -2.29. The predicted molar refractivity (Wildman–Crippen MR) is 68.8 cm³/mol. The molecule has 4 nitrogen and oxygen atoms in total. The summed E-state index contributed by atoms with van der Waals surface area (Å²) in [6, 6.07) is -0.134. The van der Waals surface area contributed by atoms with Crippen LogP contribution >= 0.6 is 0 Å². The molecule has 0 saturated carbocycles. The summed E-state index contributed by atoms with van der Waals surface area (Å²) >= 11 is 0. The Morgan fingerprint density at radius 1 is 1.12 bits per heavy atom. The Labute approximate surface area is 105 Å². The lowest BCUT2D eigenvalue weighted by atomic mass is 10.1. The van der Waals surface area contributed by atoms with Crippen LogP contribution in [0.5, 0.6) is 0 Å². The van der Waals surface area contributed by atoms with Gasteiger partial charge in [-0.3, -0.25) is 0 Å². The molecular weight excluding hydrogens is 238 g/mol. The van der Waals surface area contributed by atoms with E-state index >= 15 is 0 Å². The molecule has 102 valence electrons. The molecule has 17 heavy (non-hydrogen) atoms. The Morgan fingerprint density at radius 3 is 1.88 bits per heavy atom. The Bertz CT molecular complexity index is 328. The van der Waals surface area contributed by atoms with E-state index in [0.29, 0.717) is 11.8 Å². The molecule has 1 aliphatic heterocycles. The molecule has 0 unspecified atom stereocenters. The predicted octanol–water partition coefficient (Wildman–Crippen LogP) is -0.659. The van der Waals surface area contributed by atoms with Gasteiger partial charge < -0.3 is 10.0 Å². The minimum atomic E-state index is -3.03. The van der Waals surface area contributed by atoms with Crippen LogP contribution in [-0.2, 0) is 9.84 Å². The highest BCUT2D eigenvalue weighted by molar-refractivity contribution is 7.91. The highest BCUT2D eigenvalue weighted by Gasteiger charge is 2.43. The van der Waals surface area contributed by atoms with E-state index < -0.39 is 15.9 Å². The summed E-state index contributed by atoms with van der Waals surface area (Å²) in [5.74, 6) is 1.11. The van der Waals surface area contributed by atoms with Crippen molar-refractivity contribution in [3.05, 3.63) is 0 Å². The van der Waals surface area contributed by atoms with Crippen LogP contribution in [0.3, 0.4) is 0 Å². The Balaban J connectivity index is 2.76. The lowest BCUT2D eigenvalue weighted by molar-refractivity contribution is -0.931. The molecule has 2 atom stereocenters. The summed E-state index contributed by atoms with van der Waals surface area (Å²) in [5.41, 5.74) is 0. The van der Waals surface area contributed by atoms with Crippen LogP contribution < -0.4 is 4.90 Å². The molecule has 0 spiro atoms. The monoisotopic (exact) mass is 264 g/mol. The van der Waals surface area contributed by atoms with Crippen LogP contribution in [0, 0.1) is 11.8 Å². The third kappa shape index (κ3) is 4.56. The fourth-order valence-electron chi connectivity index (χ4n) is 2.65. The molecule has 0 aromatic carbocycles. The van der Waals surface area contributed by atoms with Gasteiger partial charge in [0.2, 0.25) is 0 Å². The molecule has 0 aliphatic carbocycles. The molecule has 1 rings (SSSR count). The molecule has 5 heteroatoms. The van der Waals surface area contributed by atoms with E-state index in [1.54, 1.807) is 0 Å². The van der Waals surface area contributed by atoms with Gasteiger partial charge in [-0.1, -0.05) is 27.7 Å². The van der Waals surface area contributed by atoms with Crippen LogP contribution in [0.15, 0.2) is 0 Å². The van der Waals surface area contributed by atoms with Crippen molar-refractivity contribution < 1.29 is 18.4 Å². The van der Waals surface area contributed by atoms with Gasteiger partial charge in [0.15, 0.2) is 9.84 Å². The number of quaternary nitrogens is 1. The minimum absolute atomic E-state index is 0.0582. The van der Waals surface area contributed by atoms with E-state index in [4.69, 9.17) is 0 Å².